The molecular weight excluding hydrogens is 356 g/mol. The van der Waals surface area contributed by atoms with Crippen molar-refractivity contribution >= 4 is 22.7 Å². The first-order valence-electron chi connectivity index (χ1n) is 9.25. The van der Waals surface area contributed by atoms with Gasteiger partial charge in [-0.25, -0.2) is 0 Å². The maximum Gasteiger partial charge on any atom is 0.272 e. The Bertz CT molecular complexity index is 950. The molecule has 7 heteroatoms. The molecule has 0 unspecified atom stereocenters. The number of ether oxygens (including phenoxy) is 1. The Morgan fingerprint density at radius 2 is 1.89 bits per heavy atom. The Morgan fingerprint density at radius 3 is 2.64 bits per heavy atom. The van der Waals surface area contributed by atoms with Crippen molar-refractivity contribution in [3.63, 3.8) is 0 Å². The monoisotopic (exact) mass is 380 g/mol. The first-order chi connectivity index (χ1) is 13.6. The topological polar surface area (TPSA) is 87.3 Å². The summed E-state index contributed by atoms with van der Waals surface area (Å²) in [5.41, 5.74) is 2.16. The van der Waals surface area contributed by atoms with Gasteiger partial charge in [-0.1, -0.05) is 30.3 Å². The Kier molecular flexibility index (Phi) is 6.26. The average molecular weight is 380 g/mol. The molecule has 28 heavy (non-hydrogen) atoms. The molecule has 2 amide bonds. The molecule has 0 fully saturated rings. The van der Waals surface area contributed by atoms with E-state index in [1.165, 1.54) is 0 Å². The Morgan fingerprint density at radius 1 is 1.14 bits per heavy atom. The minimum absolute atomic E-state index is 0.0407. The van der Waals surface area contributed by atoms with E-state index < -0.39 is 0 Å². The van der Waals surface area contributed by atoms with Gasteiger partial charge in [0.1, 0.15) is 5.75 Å². The second-order valence-electron chi connectivity index (χ2n) is 6.45. The number of para-hydroxylation sites is 1. The summed E-state index contributed by atoms with van der Waals surface area (Å²) < 4.78 is 5.42. The number of hydrogen-bond donors (Lipinski definition) is 2. The van der Waals surface area contributed by atoms with Gasteiger partial charge in [0.2, 0.25) is 5.91 Å². The zero-order valence-corrected chi connectivity index (χ0v) is 16.1. The Labute approximate surface area is 163 Å². The van der Waals surface area contributed by atoms with Gasteiger partial charge in [0.25, 0.3) is 5.91 Å². The summed E-state index contributed by atoms with van der Waals surface area (Å²) in [4.78, 5) is 26.3. The van der Waals surface area contributed by atoms with Crippen LogP contribution in [-0.4, -0.2) is 47.1 Å². The van der Waals surface area contributed by atoms with E-state index in [1.54, 1.807) is 11.9 Å². The third-order valence-corrected chi connectivity index (χ3v) is 4.39. The predicted molar refractivity (Wildman–Crippen MR) is 107 cm³/mol. The van der Waals surface area contributed by atoms with E-state index in [-0.39, 0.29) is 24.8 Å². The summed E-state index contributed by atoms with van der Waals surface area (Å²) in [7, 11) is 1.75. The lowest BCUT2D eigenvalue weighted by Crippen LogP contribution is -2.32. The second kappa shape index (κ2) is 9.03. The van der Waals surface area contributed by atoms with Gasteiger partial charge in [-0.15, -0.1) is 0 Å². The molecule has 3 aromatic rings. The number of nitrogens with zero attached hydrogens (tertiary/aromatic N) is 2. The number of benzene rings is 2. The molecule has 1 aromatic heterocycles. The molecule has 0 bridgehead atoms. The van der Waals surface area contributed by atoms with Gasteiger partial charge in [-0.05, 0) is 30.7 Å². The third-order valence-electron chi connectivity index (χ3n) is 4.39. The van der Waals surface area contributed by atoms with Crippen molar-refractivity contribution in [3.05, 3.63) is 59.8 Å². The zero-order valence-electron chi connectivity index (χ0n) is 16.1. The molecule has 3 rings (SSSR count). The zero-order chi connectivity index (χ0) is 19.9. The number of H-pyrrole nitrogens is 1. The number of nitrogens with one attached hydrogen (secondary N) is 2. The fraction of sp³-hybridized carbons (Fsp3) is 0.286. The minimum atomic E-state index is -0.292. The molecule has 0 atom stereocenters. The van der Waals surface area contributed by atoms with E-state index in [4.69, 9.17) is 4.74 Å². The Hall–Kier alpha value is -3.35. The highest BCUT2D eigenvalue weighted by atomic mass is 16.5. The fourth-order valence-corrected chi connectivity index (χ4v) is 2.91. The van der Waals surface area contributed by atoms with Crippen molar-refractivity contribution in [1.82, 2.24) is 20.4 Å². The van der Waals surface area contributed by atoms with Crippen LogP contribution < -0.4 is 10.1 Å². The standard InChI is InChI=1S/C21H24N4O3/c1-3-28-16-10-8-15(9-11-16)14-25(2)19(26)12-13-22-21(27)20-17-6-4-5-7-18(17)23-24-20/h4-11H,3,12-14H2,1-2H3,(H,22,27)(H,23,24). The SMILES string of the molecule is CCOc1ccc(CN(C)C(=O)CCNC(=O)c2n[nH]c3ccccc23)cc1. The molecule has 7 nitrogen and oxygen atoms in total. The van der Waals surface area contributed by atoms with Crippen LogP contribution in [0.1, 0.15) is 29.4 Å². The molecule has 0 aliphatic heterocycles. The van der Waals surface area contributed by atoms with Crippen molar-refractivity contribution in [2.24, 2.45) is 0 Å². The number of carbonyl (C=O) groups is 2. The molecule has 0 saturated heterocycles. The Balaban J connectivity index is 1.47. The fourth-order valence-electron chi connectivity index (χ4n) is 2.91. The molecule has 0 radical (unpaired) electrons. The van der Waals surface area contributed by atoms with Gasteiger partial charge in [0.15, 0.2) is 5.69 Å². The molecule has 0 aliphatic rings. The number of aromatic nitrogens is 2. The van der Waals surface area contributed by atoms with Crippen LogP contribution in [0, 0.1) is 0 Å². The van der Waals surface area contributed by atoms with Crippen LogP contribution in [0.4, 0.5) is 0 Å². The maximum absolute atomic E-state index is 12.3. The van der Waals surface area contributed by atoms with Gasteiger partial charge in [0.05, 0.1) is 12.1 Å². The maximum atomic E-state index is 12.3. The lowest BCUT2D eigenvalue weighted by atomic mass is 10.2. The molecule has 2 aromatic carbocycles. The first kappa shape index (κ1) is 19.4. The van der Waals surface area contributed by atoms with Crippen molar-refractivity contribution in [1.29, 1.82) is 0 Å². The predicted octanol–water partition coefficient (Wildman–Crippen LogP) is 2.74. The second-order valence-corrected chi connectivity index (χ2v) is 6.45. The molecule has 0 aliphatic carbocycles. The van der Waals surface area contributed by atoms with Crippen molar-refractivity contribution < 1.29 is 14.3 Å². The third kappa shape index (κ3) is 4.68. The molecule has 146 valence electrons. The summed E-state index contributed by atoms with van der Waals surface area (Å²) in [6, 6.07) is 15.1. The number of aromatic amines is 1. The molecule has 0 saturated carbocycles. The smallest absolute Gasteiger partial charge is 0.272 e. The van der Waals surface area contributed by atoms with Crippen LogP contribution in [0.3, 0.4) is 0 Å². The van der Waals surface area contributed by atoms with Crippen LogP contribution in [0.5, 0.6) is 5.75 Å². The lowest BCUT2D eigenvalue weighted by molar-refractivity contribution is -0.130. The van der Waals surface area contributed by atoms with E-state index in [0.29, 0.717) is 18.8 Å². The van der Waals surface area contributed by atoms with E-state index in [2.05, 4.69) is 15.5 Å². The number of rotatable bonds is 8. The van der Waals surface area contributed by atoms with Gasteiger partial charge < -0.3 is 15.0 Å². The average Bonchev–Trinajstić information content (AvgIpc) is 3.13. The minimum Gasteiger partial charge on any atom is -0.494 e. The largest absolute Gasteiger partial charge is 0.494 e. The molecule has 2 N–H and O–H groups in total. The first-order valence-corrected chi connectivity index (χ1v) is 9.25. The van der Waals surface area contributed by atoms with Gasteiger partial charge in [-0.2, -0.15) is 5.10 Å². The van der Waals surface area contributed by atoms with E-state index in [0.717, 1.165) is 22.2 Å². The number of hydrogen-bond acceptors (Lipinski definition) is 4. The van der Waals surface area contributed by atoms with E-state index in [9.17, 15) is 9.59 Å². The summed E-state index contributed by atoms with van der Waals surface area (Å²) in [5.74, 6) is 0.481. The van der Waals surface area contributed by atoms with Crippen molar-refractivity contribution in [2.45, 2.75) is 19.9 Å². The highest BCUT2D eigenvalue weighted by molar-refractivity contribution is 6.04. The highest BCUT2D eigenvalue weighted by Crippen LogP contribution is 2.15. The van der Waals surface area contributed by atoms with Gasteiger partial charge in [0, 0.05) is 31.9 Å². The van der Waals surface area contributed by atoms with Gasteiger partial charge >= 0.3 is 0 Å². The summed E-state index contributed by atoms with van der Waals surface area (Å²) in [6.45, 7) is 3.32. The summed E-state index contributed by atoms with van der Waals surface area (Å²) >= 11 is 0. The number of amides is 2. The molecular formula is C21H24N4O3. The van der Waals surface area contributed by atoms with Crippen LogP contribution in [0.15, 0.2) is 48.5 Å². The van der Waals surface area contributed by atoms with Crippen molar-refractivity contribution in [2.75, 3.05) is 20.2 Å². The van der Waals surface area contributed by atoms with Crippen molar-refractivity contribution in [3.8, 4) is 5.75 Å². The van der Waals surface area contributed by atoms with Crippen LogP contribution in [-0.2, 0) is 11.3 Å². The van der Waals surface area contributed by atoms with Crippen LogP contribution in [0.2, 0.25) is 0 Å². The van der Waals surface area contributed by atoms with E-state index in [1.807, 2.05) is 55.5 Å². The van der Waals surface area contributed by atoms with Crippen LogP contribution >= 0.6 is 0 Å². The molecule has 1 heterocycles. The summed E-state index contributed by atoms with van der Waals surface area (Å²) in [5, 5.41) is 10.4. The number of carbonyl (C=O) groups excluding carboxylic acids is 2. The quantitative estimate of drug-likeness (QED) is 0.629. The summed E-state index contributed by atoms with van der Waals surface area (Å²) in [6.07, 6.45) is 0.224. The lowest BCUT2D eigenvalue weighted by Gasteiger charge is -2.17. The normalized spacial score (nSPS) is 10.6. The molecule has 0 spiro atoms. The van der Waals surface area contributed by atoms with E-state index >= 15 is 0 Å². The van der Waals surface area contributed by atoms with Gasteiger partial charge in [-0.3, -0.25) is 14.7 Å². The highest BCUT2D eigenvalue weighted by Gasteiger charge is 2.15. The number of fused-ring (bicyclic) bond motifs is 1. The van der Waals surface area contributed by atoms with Crippen LogP contribution in [0.25, 0.3) is 10.9 Å².